The van der Waals surface area contributed by atoms with Crippen molar-refractivity contribution < 1.29 is 4.79 Å². The van der Waals surface area contributed by atoms with Gasteiger partial charge in [0, 0.05) is 36.0 Å². The number of aromatic nitrogens is 4. The van der Waals surface area contributed by atoms with Gasteiger partial charge < -0.3 is 15.3 Å². The van der Waals surface area contributed by atoms with Gasteiger partial charge in [0.25, 0.3) is 5.91 Å². The Labute approximate surface area is 160 Å². The number of amides is 1. The average molecular weight is 403 g/mol. The van der Waals surface area contributed by atoms with Crippen molar-refractivity contribution in [2.75, 3.05) is 0 Å². The lowest BCUT2D eigenvalue weighted by Gasteiger charge is -2.06. The molecule has 0 atom stereocenters. The molecule has 0 aliphatic carbocycles. The van der Waals surface area contributed by atoms with E-state index in [-0.39, 0.29) is 5.91 Å². The molecule has 4 aromatic rings. The fourth-order valence-corrected chi connectivity index (χ4v) is 4.94. The second-order valence-corrected chi connectivity index (χ2v) is 8.07. The summed E-state index contributed by atoms with van der Waals surface area (Å²) in [7, 11) is 1.80. The minimum atomic E-state index is -0.231. The zero-order valence-corrected chi connectivity index (χ0v) is 16.2. The van der Waals surface area contributed by atoms with E-state index in [1.165, 1.54) is 28.9 Å². The Morgan fingerprint density at radius 1 is 1.27 bits per heavy atom. The minimum absolute atomic E-state index is 0.231. The quantitative estimate of drug-likeness (QED) is 0.485. The van der Waals surface area contributed by atoms with Crippen molar-refractivity contribution in [1.29, 1.82) is 5.41 Å². The van der Waals surface area contributed by atoms with Gasteiger partial charge >= 0.3 is 0 Å². The number of hydrogen-bond acceptors (Lipinski definition) is 8. The number of hydrogen-bond donors (Lipinski definition) is 2. The van der Waals surface area contributed by atoms with Crippen LogP contribution >= 0.6 is 34.0 Å². The monoisotopic (exact) mass is 402 g/mol. The summed E-state index contributed by atoms with van der Waals surface area (Å²) in [5.74, 6) is -0.231. The zero-order valence-electron chi connectivity index (χ0n) is 13.7. The van der Waals surface area contributed by atoms with Gasteiger partial charge in [0.1, 0.15) is 10.7 Å². The molecule has 26 heavy (non-hydrogen) atoms. The van der Waals surface area contributed by atoms with Crippen molar-refractivity contribution in [3.05, 3.63) is 49.4 Å². The van der Waals surface area contributed by atoms with Crippen LogP contribution in [0.15, 0.2) is 21.8 Å². The second-order valence-electron chi connectivity index (χ2n) is 5.54. The molecular formula is C16H14N6OS3. The second kappa shape index (κ2) is 7.06. The first-order chi connectivity index (χ1) is 12.7. The Balaban J connectivity index is 1.64. The minimum Gasteiger partial charge on any atom is -0.345 e. The smallest absolute Gasteiger partial charge is 0.269 e. The highest BCUT2D eigenvalue weighted by Crippen LogP contribution is 2.30. The van der Waals surface area contributed by atoms with E-state index in [9.17, 15) is 4.79 Å². The third-order valence-electron chi connectivity index (χ3n) is 3.90. The summed E-state index contributed by atoms with van der Waals surface area (Å²) in [6, 6.07) is 0. The molecule has 0 aliphatic rings. The molecule has 0 saturated heterocycles. The number of fused-ring (bicyclic) bond motifs is 1. The van der Waals surface area contributed by atoms with Gasteiger partial charge in [-0.1, -0.05) is 0 Å². The lowest BCUT2D eigenvalue weighted by Crippen LogP contribution is -2.26. The summed E-state index contributed by atoms with van der Waals surface area (Å²) in [5, 5.41) is 15.5. The Kier molecular flexibility index (Phi) is 4.62. The van der Waals surface area contributed by atoms with Crippen LogP contribution in [0.1, 0.15) is 32.4 Å². The molecule has 4 heterocycles. The first-order valence-corrected chi connectivity index (χ1v) is 10.4. The van der Waals surface area contributed by atoms with Gasteiger partial charge in [-0.05, 0) is 0 Å². The van der Waals surface area contributed by atoms with E-state index in [1.807, 2.05) is 10.8 Å². The fraction of sp³-hybridized carbons (Fsp3) is 0.188. The van der Waals surface area contributed by atoms with Crippen molar-refractivity contribution in [1.82, 2.24) is 24.8 Å². The Bertz CT molecular complexity index is 1060. The fourth-order valence-electron chi connectivity index (χ4n) is 2.70. The standard InChI is InChI=1S/C16H14N6OS3/c1-22-13(16(23)18-4-10-6-25-8-20-10)11(3-17)14-15(22)21-12(26-14)2-9-5-24-7-19-9/h3,5-8,17H,2,4H2,1H3,(H,18,23). The van der Waals surface area contributed by atoms with E-state index in [0.29, 0.717) is 24.2 Å². The summed E-state index contributed by atoms with van der Waals surface area (Å²) in [4.78, 5) is 25.8. The van der Waals surface area contributed by atoms with E-state index >= 15 is 0 Å². The third kappa shape index (κ3) is 3.06. The summed E-state index contributed by atoms with van der Waals surface area (Å²) >= 11 is 4.55. The number of aryl methyl sites for hydroxylation is 1. The van der Waals surface area contributed by atoms with Crippen LogP contribution in [-0.4, -0.2) is 31.6 Å². The van der Waals surface area contributed by atoms with Crippen LogP contribution in [0.25, 0.3) is 10.3 Å². The molecule has 0 fully saturated rings. The zero-order chi connectivity index (χ0) is 18.1. The largest absolute Gasteiger partial charge is 0.345 e. The average Bonchev–Trinajstić information content (AvgIpc) is 3.40. The molecule has 0 spiro atoms. The summed E-state index contributed by atoms with van der Waals surface area (Å²) in [6.45, 7) is 0.362. The third-order valence-corrected chi connectivity index (χ3v) is 6.24. The molecule has 2 N–H and O–H groups in total. The molecule has 0 aliphatic heterocycles. The highest BCUT2D eigenvalue weighted by atomic mass is 32.1. The number of rotatable bonds is 6. The van der Waals surface area contributed by atoms with Crippen molar-refractivity contribution in [2.45, 2.75) is 13.0 Å². The summed E-state index contributed by atoms with van der Waals surface area (Å²) in [5.41, 5.74) is 7.10. The predicted octanol–water partition coefficient (Wildman–Crippen LogP) is 3.07. The lowest BCUT2D eigenvalue weighted by molar-refractivity contribution is 0.0942. The molecule has 132 valence electrons. The van der Waals surface area contributed by atoms with Crippen LogP contribution in [0.3, 0.4) is 0 Å². The number of nitrogens with zero attached hydrogens (tertiary/aromatic N) is 4. The molecule has 7 nitrogen and oxygen atoms in total. The molecule has 4 aromatic heterocycles. The SMILES string of the molecule is Cn1c(C(=O)NCc2cscn2)c(C=N)c2sc(Cc3cscn3)nc21. The first-order valence-electron chi connectivity index (χ1n) is 7.68. The van der Waals surface area contributed by atoms with Gasteiger partial charge in [0.2, 0.25) is 0 Å². The van der Waals surface area contributed by atoms with Crippen LogP contribution in [0.2, 0.25) is 0 Å². The van der Waals surface area contributed by atoms with E-state index < -0.39 is 0 Å². The van der Waals surface area contributed by atoms with Crippen LogP contribution < -0.4 is 5.32 Å². The van der Waals surface area contributed by atoms with Gasteiger partial charge in [-0.2, -0.15) is 0 Å². The van der Waals surface area contributed by atoms with Gasteiger partial charge in [-0.25, -0.2) is 15.0 Å². The van der Waals surface area contributed by atoms with Gasteiger partial charge in [0.05, 0.1) is 33.7 Å². The van der Waals surface area contributed by atoms with Crippen LogP contribution in [0.4, 0.5) is 0 Å². The van der Waals surface area contributed by atoms with E-state index in [0.717, 1.165) is 26.7 Å². The molecule has 0 aromatic carbocycles. The topological polar surface area (TPSA) is 96.6 Å². The molecule has 0 radical (unpaired) electrons. The van der Waals surface area contributed by atoms with Crippen molar-refractivity contribution in [3.8, 4) is 0 Å². The summed E-state index contributed by atoms with van der Waals surface area (Å²) < 4.78 is 2.61. The highest BCUT2D eigenvalue weighted by Gasteiger charge is 2.23. The normalized spacial score (nSPS) is 11.1. The van der Waals surface area contributed by atoms with Gasteiger partial charge in [-0.15, -0.1) is 34.0 Å². The predicted molar refractivity (Wildman–Crippen MR) is 105 cm³/mol. The summed E-state index contributed by atoms with van der Waals surface area (Å²) in [6.07, 6.45) is 1.89. The lowest BCUT2D eigenvalue weighted by atomic mass is 10.2. The highest BCUT2D eigenvalue weighted by molar-refractivity contribution is 7.19. The Morgan fingerprint density at radius 3 is 2.65 bits per heavy atom. The van der Waals surface area contributed by atoms with Crippen LogP contribution in [0.5, 0.6) is 0 Å². The number of thiazole rings is 3. The number of carbonyl (C=O) groups excluding carboxylic acids is 1. The van der Waals surface area contributed by atoms with E-state index in [1.54, 1.807) is 34.0 Å². The molecule has 4 rings (SSSR count). The molecule has 0 saturated carbocycles. The van der Waals surface area contributed by atoms with Crippen molar-refractivity contribution in [3.63, 3.8) is 0 Å². The Morgan fingerprint density at radius 2 is 2.00 bits per heavy atom. The maximum absolute atomic E-state index is 12.7. The van der Waals surface area contributed by atoms with Crippen molar-refractivity contribution >= 4 is 56.5 Å². The van der Waals surface area contributed by atoms with Crippen LogP contribution in [0, 0.1) is 5.41 Å². The maximum Gasteiger partial charge on any atom is 0.269 e. The van der Waals surface area contributed by atoms with E-state index in [4.69, 9.17) is 5.41 Å². The number of carbonyl (C=O) groups is 1. The molecular weight excluding hydrogens is 388 g/mol. The number of nitrogens with one attached hydrogen (secondary N) is 2. The van der Waals surface area contributed by atoms with Crippen molar-refractivity contribution in [2.24, 2.45) is 7.05 Å². The molecule has 1 amide bonds. The maximum atomic E-state index is 12.7. The van der Waals surface area contributed by atoms with E-state index in [2.05, 4.69) is 20.3 Å². The molecule has 0 bridgehead atoms. The first kappa shape index (κ1) is 17.0. The Hall–Kier alpha value is -2.43. The molecule has 10 heteroatoms. The van der Waals surface area contributed by atoms with Gasteiger partial charge in [0.15, 0.2) is 5.65 Å². The van der Waals surface area contributed by atoms with Crippen LogP contribution in [-0.2, 0) is 20.0 Å². The molecule has 0 unspecified atom stereocenters. The van der Waals surface area contributed by atoms with Gasteiger partial charge in [-0.3, -0.25) is 4.79 Å².